The third-order valence-corrected chi connectivity index (χ3v) is 5.09. The van der Waals surface area contributed by atoms with E-state index >= 15 is 0 Å². The lowest BCUT2D eigenvalue weighted by Crippen LogP contribution is -2.18. The number of hydrogen-bond acceptors (Lipinski definition) is 4. The first kappa shape index (κ1) is 12.6. The van der Waals surface area contributed by atoms with Gasteiger partial charge in [-0.25, -0.2) is 0 Å². The third kappa shape index (κ3) is 2.77. The molecule has 1 aliphatic rings. The van der Waals surface area contributed by atoms with E-state index in [2.05, 4.69) is 47.2 Å². The second-order valence-corrected chi connectivity index (χ2v) is 6.43. The number of amides is 1. The molecule has 2 N–H and O–H groups in total. The summed E-state index contributed by atoms with van der Waals surface area (Å²) in [6, 6.07) is 10.6. The average Bonchev–Trinajstić information content (AvgIpc) is 2.92. The van der Waals surface area contributed by atoms with Gasteiger partial charge in [0.1, 0.15) is 0 Å². The van der Waals surface area contributed by atoms with Crippen LogP contribution in [0.25, 0.3) is 0 Å². The fourth-order valence-electron chi connectivity index (χ4n) is 2.03. The molecule has 1 unspecified atom stereocenters. The number of benzene rings is 1. The van der Waals surface area contributed by atoms with Crippen molar-refractivity contribution in [2.45, 2.75) is 17.9 Å². The molecule has 1 aromatic heterocycles. The maximum absolute atomic E-state index is 11.4. The summed E-state index contributed by atoms with van der Waals surface area (Å²) >= 11 is 3.33. The molecule has 1 amide bonds. The Kier molecular flexibility index (Phi) is 3.48. The number of thiophene rings is 1. The minimum Gasteiger partial charge on any atom is -0.378 e. The van der Waals surface area contributed by atoms with Gasteiger partial charge in [-0.1, -0.05) is 6.07 Å². The maximum atomic E-state index is 11.4. The zero-order valence-electron chi connectivity index (χ0n) is 10.5. The van der Waals surface area contributed by atoms with Crippen molar-refractivity contribution in [2.75, 3.05) is 16.4 Å². The number of anilines is 2. The van der Waals surface area contributed by atoms with Crippen molar-refractivity contribution in [3.05, 3.63) is 40.6 Å². The van der Waals surface area contributed by atoms with Crippen molar-refractivity contribution >= 4 is 40.4 Å². The van der Waals surface area contributed by atoms with Crippen LogP contribution in [0.1, 0.15) is 17.8 Å². The van der Waals surface area contributed by atoms with E-state index in [9.17, 15) is 4.79 Å². The third-order valence-electron chi connectivity index (χ3n) is 2.97. The smallest absolute Gasteiger partial charge is 0.234 e. The van der Waals surface area contributed by atoms with Crippen molar-refractivity contribution in [1.29, 1.82) is 0 Å². The molecule has 0 aliphatic carbocycles. The topological polar surface area (TPSA) is 41.1 Å². The highest BCUT2D eigenvalue weighted by atomic mass is 32.2. The fourth-order valence-corrected chi connectivity index (χ4v) is 3.55. The van der Waals surface area contributed by atoms with Crippen molar-refractivity contribution in [1.82, 2.24) is 0 Å². The largest absolute Gasteiger partial charge is 0.378 e. The van der Waals surface area contributed by atoms with Crippen LogP contribution in [-0.4, -0.2) is 11.7 Å². The molecule has 1 aliphatic heterocycles. The van der Waals surface area contributed by atoms with E-state index in [1.807, 2.05) is 6.07 Å². The molecule has 19 heavy (non-hydrogen) atoms. The van der Waals surface area contributed by atoms with E-state index in [1.165, 1.54) is 4.88 Å². The van der Waals surface area contributed by atoms with E-state index in [1.54, 1.807) is 23.1 Å². The van der Waals surface area contributed by atoms with Crippen molar-refractivity contribution in [3.8, 4) is 0 Å². The normalized spacial score (nSPS) is 15.5. The highest BCUT2D eigenvalue weighted by molar-refractivity contribution is 8.00. The van der Waals surface area contributed by atoms with Gasteiger partial charge in [0.05, 0.1) is 17.5 Å². The lowest BCUT2D eigenvalue weighted by Gasteiger charge is -2.19. The molecule has 0 radical (unpaired) electrons. The van der Waals surface area contributed by atoms with Crippen LogP contribution in [0.4, 0.5) is 11.4 Å². The minimum atomic E-state index is 0.0703. The molecule has 2 aromatic rings. The summed E-state index contributed by atoms with van der Waals surface area (Å²) in [5, 5.41) is 8.45. The number of thioether (sulfide) groups is 1. The molecule has 1 atom stereocenters. The quantitative estimate of drug-likeness (QED) is 0.899. The SMILES string of the molecule is CC(Nc1ccc2c(c1)NC(=O)CS2)c1cccs1. The van der Waals surface area contributed by atoms with Gasteiger partial charge in [0.15, 0.2) is 0 Å². The number of hydrogen-bond donors (Lipinski definition) is 2. The van der Waals surface area contributed by atoms with Gasteiger partial charge < -0.3 is 10.6 Å². The van der Waals surface area contributed by atoms with Crippen LogP contribution in [0.2, 0.25) is 0 Å². The zero-order chi connectivity index (χ0) is 13.2. The molecule has 0 saturated heterocycles. The van der Waals surface area contributed by atoms with Gasteiger partial charge in [0.2, 0.25) is 5.91 Å². The van der Waals surface area contributed by atoms with Gasteiger partial charge in [0, 0.05) is 15.5 Å². The first-order valence-corrected chi connectivity index (χ1v) is 7.95. The molecule has 98 valence electrons. The lowest BCUT2D eigenvalue weighted by molar-refractivity contribution is -0.113. The van der Waals surface area contributed by atoms with Crippen LogP contribution < -0.4 is 10.6 Å². The van der Waals surface area contributed by atoms with Gasteiger partial charge in [-0.2, -0.15) is 0 Å². The summed E-state index contributed by atoms with van der Waals surface area (Å²) in [5.74, 6) is 0.576. The Labute approximate surface area is 120 Å². The highest BCUT2D eigenvalue weighted by Gasteiger charge is 2.16. The Hall–Kier alpha value is -1.46. The maximum Gasteiger partial charge on any atom is 0.234 e. The Morgan fingerprint density at radius 3 is 3.05 bits per heavy atom. The van der Waals surface area contributed by atoms with Crippen LogP contribution in [0, 0.1) is 0 Å². The zero-order valence-corrected chi connectivity index (χ0v) is 12.1. The van der Waals surface area contributed by atoms with Crippen LogP contribution in [-0.2, 0) is 4.79 Å². The van der Waals surface area contributed by atoms with Crippen LogP contribution in [0.15, 0.2) is 40.6 Å². The summed E-state index contributed by atoms with van der Waals surface area (Å²) in [6.45, 7) is 2.14. The monoisotopic (exact) mass is 290 g/mol. The van der Waals surface area contributed by atoms with Gasteiger partial charge >= 0.3 is 0 Å². The van der Waals surface area contributed by atoms with Crippen LogP contribution in [0.3, 0.4) is 0 Å². The summed E-state index contributed by atoms with van der Waals surface area (Å²) < 4.78 is 0. The number of fused-ring (bicyclic) bond motifs is 1. The minimum absolute atomic E-state index is 0.0703. The number of nitrogens with one attached hydrogen (secondary N) is 2. The van der Waals surface area contributed by atoms with Crippen LogP contribution >= 0.6 is 23.1 Å². The summed E-state index contributed by atoms with van der Waals surface area (Å²) in [4.78, 5) is 13.8. The fraction of sp³-hybridized carbons (Fsp3) is 0.214. The average molecular weight is 290 g/mol. The van der Waals surface area contributed by atoms with Gasteiger partial charge in [-0.05, 0) is 36.6 Å². The second-order valence-electron chi connectivity index (χ2n) is 4.43. The summed E-state index contributed by atoms with van der Waals surface area (Å²) in [6.07, 6.45) is 0. The van der Waals surface area contributed by atoms with Crippen molar-refractivity contribution in [2.24, 2.45) is 0 Å². The van der Waals surface area contributed by atoms with Gasteiger partial charge in [0.25, 0.3) is 0 Å². The highest BCUT2D eigenvalue weighted by Crippen LogP contribution is 2.34. The first-order chi connectivity index (χ1) is 9.22. The van der Waals surface area contributed by atoms with Gasteiger partial charge in [-0.15, -0.1) is 23.1 Å². The van der Waals surface area contributed by atoms with Crippen molar-refractivity contribution in [3.63, 3.8) is 0 Å². The molecule has 0 bridgehead atoms. The predicted octanol–water partition coefficient (Wildman–Crippen LogP) is 3.97. The standard InChI is InChI=1S/C14H14N2OS2/c1-9(12-3-2-6-18-12)15-10-4-5-13-11(7-10)16-14(17)8-19-13/h2-7,9,15H,8H2,1H3,(H,16,17). The molecule has 1 aromatic carbocycles. The molecular formula is C14H14N2OS2. The lowest BCUT2D eigenvalue weighted by atomic mass is 10.2. The van der Waals surface area contributed by atoms with E-state index in [4.69, 9.17) is 0 Å². The number of carbonyl (C=O) groups is 1. The molecule has 0 fully saturated rings. The molecule has 5 heteroatoms. The molecular weight excluding hydrogens is 276 g/mol. The van der Waals surface area contributed by atoms with E-state index in [0.717, 1.165) is 16.3 Å². The number of rotatable bonds is 3. The Morgan fingerprint density at radius 1 is 1.37 bits per heavy atom. The molecule has 0 spiro atoms. The summed E-state index contributed by atoms with van der Waals surface area (Å²) in [7, 11) is 0. The Balaban J connectivity index is 1.79. The Morgan fingerprint density at radius 2 is 2.26 bits per heavy atom. The first-order valence-electron chi connectivity index (χ1n) is 6.09. The van der Waals surface area contributed by atoms with Gasteiger partial charge in [-0.3, -0.25) is 4.79 Å². The number of carbonyl (C=O) groups excluding carboxylic acids is 1. The molecule has 2 heterocycles. The Bertz CT molecular complexity index is 595. The molecule has 3 rings (SSSR count). The van der Waals surface area contributed by atoms with Crippen molar-refractivity contribution < 1.29 is 4.79 Å². The molecule has 3 nitrogen and oxygen atoms in total. The molecule has 0 saturated carbocycles. The second kappa shape index (κ2) is 5.27. The van der Waals surface area contributed by atoms with E-state index in [0.29, 0.717) is 5.75 Å². The van der Waals surface area contributed by atoms with Crippen LogP contribution in [0.5, 0.6) is 0 Å². The van der Waals surface area contributed by atoms with E-state index in [-0.39, 0.29) is 11.9 Å². The predicted molar refractivity (Wildman–Crippen MR) is 82.2 cm³/mol. The summed E-state index contributed by atoms with van der Waals surface area (Å²) in [5.41, 5.74) is 1.94. The van der Waals surface area contributed by atoms with E-state index < -0.39 is 0 Å².